The molecule has 1 saturated carbocycles. The van der Waals surface area contributed by atoms with Crippen LogP contribution in [0.3, 0.4) is 0 Å². The van der Waals surface area contributed by atoms with Crippen LogP contribution in [0.5, 0.6) is 0 Å². The third-order valence-corrected chi connectivity index (χ3v) is 3.78. The van der Waals surface area contributed by atoms with Crippen molar-refractivity contribution in [3.05, 3.63) is 35.6 Å². The van der Waals surface area contributed by atoms with Crippen molar-refractivity contribution in [3.63, 3.8) is 0 Å². The molecule has 1 aromatic carbocycles. The van der Waals surface area contributed by atoms with Gasteiger partial charge in [0.15, 0.2) is 6.04 Å². The predicted octanol–water partition coefficient (Wildman–Crippen LogP) is 1.79. The highest BCUT2D eigenvalue weighted by atomic mass is 19.1. The van der Waals surface area contributed by atoms with Crippen LogP contribution < -0.4 is 5.32 Å². The zero-order valence-corrected chi connectivity index (χ0v) is 10.7. The molecule has 1 aliphatic rings. The highest BCUT2D eigenvalue weighted by Crippen LogP contribution is 2.44. The van der Waals surface area contributed by atoms with E-state index >= 15 is 0 Å². The number of hydrogen-bond donors (Lipinski definition) is 2. The standard InChI is InChI=1S/C14H15F2NO3/c15-8-11(12(18)19)17-13(20)14(5-2-6-14)9-3-1-4-10(16)7-9/h1,3-4,7,11H,2,5-6,8H2,(H,17,20)(H,18,19). The summed E-state index contributed by atoms with van der Waals surface area (Å²) in [5.74, 6) is -2.43. The van der Waals surface area contributed by atoms with Crippen LogP contribution in [0.4, 0.5) is 8.78 Å². The van der Waals surface area contributed by atoms with Gasteiger partial charge in [-0.25, -0.2) is 13.6 Å². The molecule has 2 N–H and O–H groups in total. The van der Waals surface area contributed by atoms with E-state index in [4.69, 9.17) is 5.11 Å². The summed E-state index contributed by atoms with van der Waals surface area (Å²) in [5, 5.41) is 11.0. The van der Waals surface area contributed by atoms with Gasteiger partial charge < -0.3 is 10.4 Å². The molecule has 1 unspecified atom stereocenters. The first-order chi connectivity index (χ1) is 9.49. The zero-order chi connectivity index (χ0) is 14.8. The Bertz CT molecular complexity index is 529. The Morgan fingerprint density at radius 2 is 2.10 bits per heavy atom. The van der Waals surface area contributed by atoms with Gasteiger partial charge in [0.1, 0.15) is 12.5 Å². The van der Waals surface area contributed by atoms with E-state index in [0.29, 0.717) is 18.4 Å². The van der Waals surface area contributed by atoms with Crippen LogP contribution in [0.15, 0.2) is 24.3 Å². The second-order valence-electron chi connectivity index (χ2n) is 4.96. The fourth-order valence-electron chi connectivity index (χ4n) is 2.43. The molecule has 1 atom stereocenters. The van der Waals surface area contributed by atoms with E-state index in [9.17, 15) is 18.4 Å². The third kappa shape index (κ3) is 2.50. The van der Waals surface area contributed by atoms with Gasteiger partial charge in [-0.15, -0.1) is 0 Å². The van der Waals surface area contributed by atoms with Gasteiger partial charge in [-0.05, 0) is 30.5 Å². The first-order valence-corrected chi connectivity index (χ1v) is 6.35. The first-order valence-electron chi connectivity index (χ1n) is 6.35. The van der Waals surface area contributed by atoms with Crippen molar-refractivity contribution in [2.45, 2.75) is 30.7 Å². The molecule has 1 aliphatic carbocycles. The van der Waals surface area contributed by atoms with Gasteiger partial charge >= 0.3 is 5.97 Å². The number of carbonyl (C=O) groups is 2. The lowest BCUT2D eigenvalue weighted by Crippen LogP contribution is -2.54. The molecule has 2 rings (SSSR count). The Morgan fingerprint density at radius 1 is 1.40 bits per heavy atom. The summed E-state index contributed by atoms with van der Waals surface area (Å²) in [6, 6.07) is 4.11. The Kier molecular flexibility index (Phi) is 4.01. The molecule has 0 aromatic heterocycles. The number of carboxylic acid groups (broad SMARTS) is 1. The molecular formula is C14H15F2NO3. The summed E-state index contributed by atoms with van der Waals surface area (Å²) in [6.45, 7) is -1.18. The average Bonchev–Trinajstić information content (AvgIpc) is 2.34. The maximum Gasteiger partial charge on any atom is 0.328 e. The predicted molar refractivity (Wildman–Crippen MR) is 67.5 cm³/mol. The average molecular weight is 283 g/mol. The summed E-state index contributed by atoms with van der Waals surface area (Å²) < 4.78 is 25.9. The van der Waals surface area contributed by atoms with Crippen LogP contribution in [0.2, 0.25) is 0 Å². The van der Waals surface area contributed by atoms with Gasteiger partial charge in [-0.3, -0.25) is 4.79 Å². The van der Waals surface area contributed by atoms with Crippen molar-refractivity contribution in [3.8, 4) is 0 Å². The number of rotatable bonds is 5. The Hall–Kier alpha value is -1.98. The molecule has 0 radical (unpaired) electrons. The van der Waals surface area contributed by atoms with E-state index in [1.54, 1.807) is 6.07 Å². The van der Waals surface area contributed by atoms with E-state index in [-0.39, 0.29) is 0 Å². The lowest BCUT2D eigenvalue weighted by atomic mass is 9.63. The van der Waals surface area contributed by atoms with Crippen molar-refractivity contribution in [1.29, 1.82) is 0 Å². The van der Waals surface area contributed by atoms with Crippen molar-refractivity contribution in [1.82, 2.24) is 5.32 Å². The number of alkyl halides is 1. The topological polar surface area (TPSA) is 66.4 Å². The number of nitrogens with one attached hydrogen (secondary N) is 1. The van der Waals surface area contributed by atoms with Crippen LogP contribution in [-0.4, -0.2) is 29.7 Å². The van der Waals surface area contributed by atoms with Gasteiger partial charge in [-0.1, -0.05) is 18.6 Å². The van der Waals surface area contributed by atoms with Gasteiger partial charge in [0.05, 0.1) is 5.41 Å². The van der Waals surface area contributed by atoms with Gasteiger partial charge in [0, 0.05) is 0 Å². The number of hydrogen-bond acceptors (Lipinski definition) is 2. The lowest BCUT2D eigenvalue weighted by Gasteiger charge is -2.41. The first kappa shape index (κ1) is 14.4. The Morgan fingerprint density at radius 3 is 2.55 bits per heavy atom. The summed E-state index contributed by atoms with van der Waals surface area (Å²) in [7, 11) is 0. The molecule has 108 valence electrons. The van der Waals surface area contributed by atoms with Gasteiger partial charge in [-0.2, -0.15) is 0 Å². The molecule has 0 aliphatic heterocycles. The molecule has 1 amide bonds. The number of carboxylic acids is 1. The smallest absolute Gasteiger partial charge is 0.328 e. The normalized spacial score (nSPS) is 17.9. The maximum atomic E-state index is 13.3. The number of aliphatic carboxylic acids is 1. The second-order valence-corrected chi connectivity index (χ2v) is 4.96. The minimum absolute atomic E-state index is 0.457. The largest absolute Gasteiger partial charge is 0.480 e. The molecule has 20 heavy (non-hydrogen) atoms. The van der Waals surface area contributed by atoms with Crippen molar-refractivity contribution in [2.75, 3.05) is 6.67 Å². The molecule has 6 heteroatoms. The van der Waals surface area contributed by atoms with Crippen LogP contribution in [0.25, 0.3) is 0 Å². The van der Waals surface area contributed by atoms with Gasteiger partial charge in [0.2, 0.25) is 5.91 Å². The fraction of sp³-hybridized carbons (Fsp3) is 0.429. The number of amides is 1. The van der Waals surface area contributed by atoms with E-state index in [0.717, 1.165) is 6.42 Å². The minimum atomic E-state index is -1.56. The van der Waals surface area contributed by atoms with E-state index in [1.165, 1.54) is 18.2 Å². The SMILES string of the molecule is O=C(O)C(CF)NC(=O)C1(c2cccc(F)c2)CCC1. The summed E-state index contributed by atoms with van der Waals surface area (Å²) in [5.41, 5.74) is -0.436. The third-order valence-electron chi connectivity index (χ3n) is 3.78. The second kappa shape index (κ2) is 5.56. The maximum absolute atomic E-state index is 13.3. The number of halogens is 2. The fourth-order valence-corrected chi connectivity index (χ4v) is 2.43. The monoisotopic (exact) mass is 283 g/mol. The Labute approximate surface area is 114 Å². The van der Waals surface area contributed by atoms with E-state index < -0.39 is 35.8 Å². The molecule has 4 nitrogen and oxygen atoms in total. The molecule has 1 fully saturated rings. The molecule has 0 saturated heterocycles. The van der Waals surface area contributed by atoms with Crippen molar-refractivity contribution >= 4 is 11.9 Å². The van der Waals surface area contributed by atoms with Gasteiger partial charge in [0.25, 0.3) is 0 Å². The minimum Gasteiger partial charge on any atom is -0.480 e. The summed E-state index contributed by atoms with van der Waals surface area (Å²) in [6.07, 6.45) is 1.79. The van der Waals surface area contributed by atoms with Crippen molar-refractivity contribution in [2.24, 2.45) is 0 Å². The molecule has 0 spiro atoms. The molecule has 0 heterocycles. The van der Waals surface area contributed by atoms with Crippen LogP contribution >= 0.6 is 0 Å². The summed E-state index contributed by atoms with van der Waals surface area (Å²) in [4.78, 5) is 23.0. The van der Waals surface area contributed by atoms with Crippen LogP contribution in [-0.2, 0) is 15.0 Å². The lowest BCUT2D eigenvalue weighted by molar-refractivity contribution is -0.144. The highest BCUT2D eigenvalue weighted by molar-refractivity contribution is 5.92. The molecule has 0 bridgehead atoms. The Balaban J connectivity index is 2.23. The summed E-state index contributed by atoms with van der Waals surface area (Å²) >= 11 is 0. The van der Waals surface area contributed by atoms with Crippen LogP contribution in [0, 0.1) is 5.82 Å². The zero-order valence-electron chi connectivity index (χ0n) is 10.7. The molecular weight excluding hydrogens is 268 g/mol. The van der Waals surface area contributed by atoms with E-state index in [1.807, 2.05) is 0 Å². The number of carbonyl (C=O) groups excluding carboxylic acids is 1. The van der Waals surface area contributed by atoms with Crippen molar-refractivity contribution < 1.29 is 23.5 Å². The number of benzene rings is 1. The van der Waals surface area contributed by atoms with Crippen LogP contribution in [0.1, 0.15) is 24.8 Å². The highest BCUT2D eigenvalue weighted by Gasteiger charge is 2.46. The molecule has 1 aromatic rings. The quantitative estimate of drug-likeness (QED) is 0.865. The van der Waals surface area contributed by atoms with E-state index in [2.05, 4.69) is 5.32 Å².